The third-order valence-corrected chi connectivity index (χ3v) is 4.54. The molecule has 1 aliphatic rings. The number of nitrogens with zero attached hydrogens (tertiary/aromatic N) is 1. The molecule has 0 amide bonds. The number of hydrogen-bond acceptors (Lipinski definition) is 1. The average molecular weight is 271 g/mol. The SMILES string of the molecule is CC1(C)c2ccccc2-c2cc(-c3ccccc3)ncc21. The largest absolute Gasteiger partial charge is 0.256 e. The summed E-state index contributed by atoms with van der Waals surface area (Å²) in [4.78, 5) is 4.70. The van der Waals surface area contributed by atoms with Crippen LogP contribution in [0.4, 0.5) is 0 Å². The third kappa shape index (κ3) is 1.74. The summed E-state index contributed by atoms with van der Waals surface area (Å²) in [5.74, 6) is 0. The van der Waals surface area contributed by atoms with Crippen molar-refractivity contribution in [1.82, 2.24) is 4.98 Å². The summed E-state index contributed by atoms with van der Waals surface area (Å²) in [5.41, 5.74) is 7.63. The van der Waals surface area contributed by atoms with Crippen LogP contribution in [0, 0.1) is 0 Å². The van der Waals surface area contributed by atoms with E-state index in [0.717, 1.165) is 5.69 Å². The highest BCUT2D eigenvalue weighted by atomic mass is 14.7. The van der Waals surface area contributed by atoms with Gasteiger partial charge in [0.25, 0.3) is 0 Å². The molecule has 2 aromatic carbocycles. The van der Waals surface area contributed by atoms with Crippen LogP contribution in [0.1, 0.15) is 25.0 Å². The van der Waals surface area contributed by atoms with Crippen LogP contribution in [0.5, 0.6) is 0 Å². The van der Waals surface area contributed by atoms with Crippen LogP contribution in [0.15, 0.2) is 66.9 Å². The predicted octanol–water partition coefficient (Wildman–Crippen LogP) is 5.05. The zero-order valence-corrected chi connectivity index (χ0v) is 12.3. The molecule has 1 nitrogen and oxygen atoms in total. The summed E-state index contributed by atoms with van der Waals surface area (Å²) < 4.78 is 0. The second-order valence-corrected chi connectivity index (χ2v) is 6.15. The van der Waals surface area contributed by atoms with Crippen molar-refractivity contribution in [2.45, 2.75) is 19.3 Å². The normalized spacial score (nSPS) is 14.6. The van der Waals surface area contributed by atoms with Crippen molar-refractivity contribution in [2.75, 3.05) is 0 Å². The van der Waals surface area contributed by atoms with E-state index in [1.165, 1.54) is 27.8 Å². The first-order valence-electron chi connectivity index (χ1n) is 7.34. The Balaban J connectivity index is 1.96. The van der Waals surface area contributed by atoms with Gasteiger partial charge in [-0.05, 0) is 28.3 Å². The van der Waals surface area contributed by atoms with E-state index in [2.05, 4.69) is 74.6 Å². The Kier molecular flexibility index (Phi) is 2.52. The van der Waals surface area contributed by atoms with Gasteiger partial charge in [-0.15, -0.1) is 0 Å². The van der Waals surface area contributed by atoms with E-state index in [4.69, 9.17) is 4.98 Å². The molecule has 0 saturated heterocycles. The van der Waals surface area contributed by atoms with Crippen molar-refractivity contribution in [3.8, 4) is 22.4 Å². The first kappa shape index (κ1) is 12.3. The van der Waals surface area contributed by atoms with Gasteiger partial charge in [-0.1, -0.05) is 68.4 Å². The minimum Gasteiger partial charge on any atom is -0.256 e. The Hall–Kier alpha value is -2.41. The maximum absolute atomic E-state index is 4.70. The minimum absolute atomic E-state index is 0.0359. The second-order valence-electron chi connectivity index (χ2n) is 6.15. The van der Waals surface area contributed by atoms with Crippen molar-refractivity contribution in [3.05, 3.63) is 78.0 Å². The van der Waals surface area contributed by atoms with E-state index in [1.807, 2.05) is 6.07 Å². The maximum atomic E-state index is 4.70. The van der Waals surface area contributed by atoms with Crippen LogP contribution < -0.4 is 0 Å². The molecular formula is C20H17N. The molecule has 1 aliphatic carbocycles. The molecule has 0 spiro atoms. The molecule has 0 saturated carbocycles. The first-order valence-corrected chi connectivity index (χ1v) is 7.34. The highest BCUT2D eigenvalue weighted by molar-refractivity contribution is 5.82. The number of rotatable bonds is 1. The van der Waals surface area contributed by atoms with Gasteiger partial charge in [0.15, 0.2) is 0 Å². The Morgan fingerprint density at radius 1 is 0.762 bits per heavy atom. The minimum atomic E-state index is 0.0359. The summed E-state index contributed by atoms with van der Waals surface area (Å²) in [6.45, 7) is 4.56. The number of fused-ring (bicyclic) bond motifs is 3. The number of benzene rings is 2. The van der Waals surface area contributed by atoms with Crippen molar-refractivity contribution in [3.63, 3.8) is 0 Å². The lowest BCUT2D eigenvalue weighted by Gasteiger charge is -2.20. The standard InChI is InChI=1S/C20H17N/c1-20(2)17-11-7-6-10-15(17)16-12-19(21-13-18(16)20)14-8-4-3-5-9-14/h3-13H,1-2H3. The van der Waals surface area contributed by atoms with Gasteiger partial charge in [-0.2, -0.15) is 0 Å². The molecule has 21 heavy (non-hydrogen) atoms. The molecule has 0 unspecified atom stereocenters. The summed E-state index contributed by atoms with van der Waals surface area (Å²) in [6, 6.07) is 21.3. The third-order valence-electron chi connectivity index (χ3n) is 4.54. The molecule has 0 atom stereocenters. The summed E-state index contributed by atoms with van der Waals surface area (Å²) in [7, 11) is 0. The molecule has 1 aromatic heterocycles. The van der Waals surface area contributed by atoms with Crippen molar-refractivity contribution < 1.29 is 0 Å². The predicted molar refractivity (Wildman–Crippen MR) is 87.2 cm³/mol. The molecule has 0 bridgehead atoms. The highest BCUT2D eigenvalue weighted by Crippen LogP contribution is 2.48. The van der Waals surface area contributed by atoms with Gasteiger partial charge >= 0.3 is 0 Å². The van der Waals surface area contributed by atoms with Crippen LogP contribution in [0.25, 0.3) is 22.4 Å². The molecule has 0 fully saturated rings. The monoisotopic (exact) mass is 271 g/mol. The van der Waals surface area contributed by atoms with Crippen LogP contribution in [-0.2, 0) is 5.41 Å². The van der Waals surface area contributed by atoms with Gasteiger partial charge in [0.1, 0.15) is 0 Å². The number of hydrogen-bond donors (Lipinski definition) is 0. The molecule has 0 aliphatic heterocycles. The zero-order valence-electron chi connectivity index (χ0n) is 12.3. The highest BCUT2D eigenvalue weighted by Gasteiger charge is 2.35. The van der Waals surface area contributed by atoms with Crippen molar-refractivity contribution >= 4 is 0 Å². The average Bonchev–Trinajstić information content (AvgIpc) is 2.77. The fourth-order valence-corrected chi connectivity index (χ4v) is 3.35. The number of pyridine rings is 1. The van der Waals surface area contributed by atoms with E-state index >= 15 is 0 Å². The van der Waals surface area contributed by atoms with Crippen molar-refractivity contribution in [2.24, 2.45) is 0 Å². The topological polar surface area (TPSA) is 12.9 Å². The van der Waals surface area contributed by atoms with E-state index in [9.17, 15) is 0 Å². The maximum Gasteiger partial charge on any atom is 0.0708 e. The van der Waals surface area contributed by atoms with E-state index < -0.39 is 0 Å². The lowest BCUT2D eigenvalue weighted by molar-refractivity contribution is 0.657. The van der Waals surface area contributed by atoms with Gasteiger partial charge in [-0.25, -0.2) is 0 Å². The van der Waals surface area contributed by atoms with E-state index in [0.29, 0.717) is 0 Å². The molecule has 1 heterocycles. The van der Waals surface area contributed by atoms with Gasteiger partial charge in [0, 0.05) is 17.2 Å². The lowest BCUT2D eigenvalue weighted by Crippen LogP contribution is -2.15. The molecule has 1 heteroatoms. The lowest BCUT2D eigenvalue weighted by atomic mass is 9.83. The Bertz CT molecular complexity index is 816. The Morgan fingerprint density at radius 3 is 2.29 bits per heavy atom. The van der Waals surface area contributed by atoms with Crippen LogP contribution in [0.3, 0.4) is 0 Å². The van der Waals surface area contributed by atoms with Gasteiger partial charge in [0.05, 0.1) is 5.69 Å². The smallest absolute Gasteiger partial charge is 0.0708 e. The Morgan fingerprint density at radius 2 is 1.48 bits per heavy atom. The van der Waals surface area contributed by atoms with Crippen LogP contribution >= 0.6 is 0 Å². The van der Waals surface area contributed by atoms with E-state index in [-0.39, 0.29) is 5.41 Å². The van der Waals surface area contributed by atoms with Gasteiger partial charge in [-0.3, -0.25) is 4.98 Å². The van der Waals surface area contributed by atoms with Crippen LogP contribution in [0.2, 0.25) is 0 Å². The second kappa shape index (κ2) is 4.29. The van der Waals surface area contributed by atoms with E-state index in [1.54, 1.807) is 0 Å². The summed E-state index contributed by atoms with van der Waals surface area (Å²) in [5, 5.41) is 0. The first-order chi connectivity index (χ1) is 10.2. The summed E-state index contributed by atoms with van der Waals surface area (Å²) >= 11 is 0. The fraction of sp³-hybridized carbons (Fsp3) is 0.150. The fourth-order valence-electron chi connectivity index (χ4n) is 3.35. The van der Waals surface area contributed by atoms with Crippen molar-refractivity contribution in [1.29, 1.82) is 0 Å². The van der Waals surface area contributed by atoms with Gasteiger partial charge < -0.3 is 0 Å². The zero-order chi connectivity index (χ0) is 14.4. The molecular weight excluding hydrogens is 254 g/mol. The van der Waals surface area contributed by atoms with Gasteiger partial charge in [0.2, 0.25) is 0 Å². The Labute approximate surface area is 125 Å². The quantitative estimate of drug-likeness (QED) is 0.603. The molecule has 4 rings (SSSR count). The molecule has 0 radical (unpaired) electrons. The number of aromatic nitrogens is 1. The molecule has 0 N–H and O–H groups in total. The summed E-state index contributed by atoms with van der Waals surface area (Å²) in [6.07, 6.45) is 2.05. The molecule has 3 aromatic rings. The van der Waals surface area contributed by atoms with Crippen LogP contribution in [-0.4, -0.2) is 4.98 Å². The molecule has 102 valence electrons.